The zero-order valence-corrected chi connectivity index (χ0v) is 11.3. The lowest BCUT2D eigenvalue weighted by Crippen LogP contribution is -2.35. The largest absolute Gasteiger partial charge is 0.481 e. The van der Waals surface area contributed by atoms with E-state index >= 15 is 0 Å². The molecule has 0 amide bonds. The molecule has 0 aliphatic heterocycles. The Morgan fingerprint density at radius 3 is 2.47 bits per heavy atom. The zero-order chi connectivity index (χ0) is 14.4. The van der Waals surface area contributed by atoms with Crippen molar-refractivity contribution in [1.29, 1.82) is 0 Å². The molecule has 0 aliphatic carbocycles. The quantitative estimate of drug-likeness (QED) is 0.800. The van der Waals surface area contributed by atoms with Crippen LogP contribution in [0, 0.1) is 5.92 Å². The standard InChI is InChI=1S/C13H16ClNO4/c1-9(13(18)19)6-15(8-12(16)17)7-10-4-2-3-5-11(10)14/h2-5,9H,6-8H2,1H3,(H,16,17)(H,18,19). The van der Waals surface area contributed by atoms with Gasteiger partial charge in [-0.05, 0) is 11.6 Å². The van der Waals surface area contributed by atoms with Crippen molar-refractivity contribution in [2.24, 2.45) is 5.92 Å². The lowest BCUT2D eigenvalue weighted by molar-refractivity contribution is -0.144. The van der Waals surface area contributed by atoms with Gasteiger partial charge in [0.05, 0.1) is 12.5 Å². The minimum absolute atomic E-state index is 0.160. The van der Waals surface area contributed by atoms with Gasteiger partial charge < -0.3 is 10.2 Å². The average molecular weight is 286 g/mol. The lowest BCUT2D eigenvalue weighted by atomic mass is 10.1. The summed E-state index contributed by atoms with van der Waals surface area (Å²) < 4.78 is 0. The number of aliphatic carboxylic acids is 2. The Kier molecular flexibility index (Phi) is 5.79. The fourth-order valence-electron chi connectivity index (χ4n) is 1.71. The third-order valence-corrected chi connectivity index (χ3v) is 3.03. The van der Waals surface area contributed by atoms with Crippen LogP contribution in [-0.2, 0) is 16.1 Å². The molecule has 0 spiro atoms. The monoisotopic (exact) mass is 285 g/mol. The Bertz CT molecular complexity index is 464. The van der Waals surface area contributed by atoms with Gasteiger partial charge in [0.15, 0.2) is 0 Å². The molecule has 0 aliphatic rings. The summed E-state index contributed by atoms with van der Waals surface area (Å²) in [5.74, 6) is -2.58. The summed E-state index contributed by atoms with van der Waals surface area (Å²) in [5, 5.41) is 18.3. The Morgan fingerprint density at radius 1 is 1.32 bits per heavy atom. The smallest absolute Gasteiger partial charge is 0.317 e. The van der Waals surface area contributed by atoms with E-state index in [-0.39, 0.29) is 13.1 Å². The van der Waals surface area contributed by atoms with Crippen LogP contribution in [-0.4, -0.2) is 40.1 Å². The Hall–Kier alpha value is -1.59. The summed E-state index contributed by atoms with van der Waals surface area (Å²) in [6, 6.07) is 7.10. The van der Waals surface area contributed by atoms with Crippen molar-refractivity contribution in [3.05, 3.63) is 34.9 Å². The second-order valence-corrected chi connectivity index (χ2v) is 4.80. The van der Waals surface area contributed by atoms with Crippen LogP contribution in [0.1, 0.15) is 12.5 Å². The van der Waals surface area contributed by atoms with Crippen LogP contribution in [0.4, 0.5) is 0 Å². The second-order valence-electron chi connectivity index (χ2n) is 4.39. The van der Waals surface area contributed by atoms with E-state index in [0.717, 1.165) is 5.56 Å². The first-order valence-electron chi connectivity index (χ1n) is 5.80. The van der Waals surface area contributed by atoms with E-state index in [0.29, 0.717) is 11.6 Å². The van der Waals surface area contributed by atoms with Crippen LogP contribution in [0.2, 0.25) is 5.02 Å². The summed E-state index contributed by atoms with van der Waals surface area (Å²) in [6.45, 7) is 1.79. The molecule has 5 nitrogen and oxygen atoms in total. The van der Waals surface area contributed by atoms with Crippen molar-refractivity contribution < 1.29 is 19.8 Å². The topological polar surface area (TPSA) is 77.8 Å². The van der Waals surface area contributed by atoms with E-state index in [4.69, 9.17) is 21.8 Å². The Balaban J connectivity index is 2.77. The highest BCUT2D eigenvalue weighted by molar-refractivity contribution is 6.31. The molecular weight excluding hydrogens is 270 g/mol. The number of carbonyl (C=O) groups is 2. The number of nitrogens with zero attached hydrogens (tertiary/aromatic N) is 1. The molecule has 1 rings (SSSR count). The minimum atomic E-state index is -0.996. The van der Waals surface area contributed by atoms with Crippen molar-refractivity contribution in [3.8, 4) is 0 Å². The Morgan fingerprint density at radius 2 is 1.95 bits per heavy atom. The van der Waals surface area contributed by atoms with Gasteiger partial charge >= 0.3 is 11.9 Å². The molecule has 1 aromatic carbocycles. The zero-order valence-electron chi connectivity index (χ0n) is 10.5. The molecule has 104 valence electrons. The maximum Gasteiger partial charge on any atom is 0.317 e. The number of benzene rings is 1. The molecule has 0 aromatic heterocycles. The van der Waals surface area contributed by atoms with Gasteiger partial charge in [-0.2, -0.15) is 0 Å². The van der Waals surface area contributed by atoms with Crippen molar-refractivity contribution in [3.63, 3.8) is 0 Å². The maximum absolute atomic E-state index is 10.8. The molecule has 19 heavy (non-hydrogen) atoms. The molecular formula is C13H16ClNO4. The van der Waals surface area contributed by atoms with Crippen LogP contribution in [0.5, 0.6) is 0 Å². The van der Waals surface area contributed by atoms with Crippen LogP contribution >= 0.6 is 11.6 Å². The molecule has 0 radical (unpaired) electrons. The van der Waals surface area contributed by atoms with E-state index in [2.05, 4.69) is 0 Å². The highest BCUT2D eigenvalue weighted by Crippen LogP contribution is 2.17. The molecule has 1 atom stereocenters. The number of carboxylic acids is 2. The van der Waals surface area contributed by atoms with Gasteiger partial charge in [-0.1, -0.05) is 36.7 Å². The number of rotatable bonds is 7. The van der Waals surface area contributed by atoms with Crippen molar-refractivity contribution in [2.75, 3.05) is 13.1 Å². The molecule has 0 saturated heterocycles. The molecule has 0 saturated carbocycles. The fraction of sp³-hybridized carbons (Fsp3) is 0.385. The highest BCUT2D eigenvalue weighted by Gasteiger charge is 2.19. The molecule has 0 bridgehead atoms. The van der Waals surface area contributed by atoms with Gasteiger partial charge in [-0.25, -0.2) is 0 Å². The first-order valence-corrected chi connectivity index (χ1v) is 6.18. The van der Waals surface area contributed by atoms with Crippen molar-refractivity contribution in [1.82, 2.24) is 4.90 Å². The first kappa shape index (κ1) is 15.5. The number of carboxylic acid groups (broad SMARTS) is 2. The summed E-state index contributed by atoms with van der Waals surface area (Å²) in [5.41, 5.74) is 0.781. The van der Waals surface area contributed by atoms with Crippen LogP contribution in [0.15, 0.2) is 24.3 Å². The molecule has 0 heterocycles. The van der Waals surface area contributed by atoms with Gasteiger partial charge in [0.25, 0.3) is 0 Å². The number of hydrogen-bond donors (Lipinski definition) is 2. The van der Waals surface area contributed by atoms with E-state index in [1.807, 2.05) is 0 Å². The van der Waals surface area contributed by atoms with Gasteiger partial charge in [-0.15, -0.1) is 0 Å². The molecule has 1 aromatic rings. The highest BCUT2D eigenvalue weighted by atomic mass is 35.5. The predicted molar refractivity (Wildman–Crippen MR) is 71.2 cm³/mol. The third-order valence-electron chi connectivity index (χ3n) is 2.66. The van der Waals surface area contributed by atoms with E-state index in [1.165, 1.54) is 0 Å². The van der Waals surface area contributed by atoms with Gasteiger partial charge in [0.1, 0.15) is 0 Å². The number of halogens is 1. The maximum atomic E-state index is 10.8. The summed E-state index contributed by atoms with van der Waals surface area (Å²) in [4.78, 5) is 23.2. The van der Waals surface area contributed by atoms with Gasteiger partial charge in [-0.3, -0.25) is 14.5 Å². The van der Waals surface area contributed by atoms with Crippen molar-refractivity contribution >= 4 is 23.5 Å². The first-order chi connectivity index (χ1) is 8.90. The van der Waals surface area contributed by atoms with Crippen LogP contribution in [0.3, 0.4) is 0 Å². The summed E-state index contributed by atoms with van der Waals surface area (Å²) in [7, 11) is 0. The van der Waals surface area contributed by atoms with Crippen molar-refractivity contribution in [2.45, 2.75) is 13.5 Å². The number of hydrogen-bond acceptors (Lipinski definition) is 3. The Labute approximate surface area is 116 Å². The molecule has 1 unspecified atom stereocenters. The molecule has 0 fully saturated rings. The lowest BCUT2D eigenvalue weighted by Gasteiger charge is -2.22. The van der Waals surface area contributed by atoms with Crippen LogP contribution < -0.4 is 0 Å². The third kappa shape index (κ3) is 5.28. The fourth-order valence-corrected chi connectivity index (χ4v) is 1.90. The predicted octanol–water partition coefficient (Wildman–Crippen LogP) is 1.95. The normalized spacial score (nSPS) is 12.4. The summed E-state index contributed by atoms with van der Waals surface area (Å²) >= 11 is 6.01. The molecule has 6 heteroatoms. The van der Waals surface area contributed by atoms with Crippen LogP contribution in [0.25, 0.3) is 0 Å². The van der Waals surface area contributed by atoms with E-state index < -0.39 is 17.9 Å². The minimum Gasteiger partial charge on any atom is -0.481 e. The van der Waals surface area contributed by atoms with Gasteiger partial charge in [0, 0.05) is 18.1 Å². The summed E-state index contributed by atoms with van der Waals surface area (Å²) in [6.07, 6.45) is 0. The second kappa shape index (κ2) is 7.11. The van der Waals surface area contributed by atoms with E-state index in [9.17, 15) is 9.59 Å². The average Bonchev–Trinajstić information content (AvgIpc) is 2.31. The SMILES string of the molecule is CC(CN(CC(=O)O)Cc1ccccc1Cl)C(=O)O. The molecule has 2 N–H and O–H groups in total. The van der Waals surface area contributed by atoms with Gasteiger partial charge in [0.2, 0.25) is 0 Å². The van der Waals surface area contributed by atoms with E-state index in [1.54, 1.807) is 36.1 Å².